The van der Waals surface area contributed by atoms with Crippen LogP contribution in [0.4, 0.5) is 11.4 Å². The molecule has 0 amide bonds. The Hall–Kier alpha value is -1.70. The van der Waals surface area contributed by atoms with Crippen LogP contribution in [0.25, 0.3) is 10.8 Å². The average molecular weight is 200 g/mol. The maximum Gasteiger partial charge on any atom is 0.0629 e. The van der Waals surface area contributed by atoms with Crippen LogP contribution in [0.2, 0.25) is 0 Å². The number of fused-ring (bicyclic) bond motifs is 1. The van der Waals surface area contributed by atoms with E-state index in [1.54, 1.807) is 0 Å². The van der Waals surface area contributed by atoms with Crippen molar-refractivity contribution in [2.24, 2.45) is 0 Å². The van der Waals surface area contributed by atoms with E-state index in [0.717, 1.165) is 16.8 Å². The summed E-state index contributed by atoms with van der Waals surface area (Å²) in [7, 11) is 0. The molecule has 15 heavy (non-hydrogen) atoms. The van der Waals surface area contributed by atoms with E-state index in [4.69, 9.17) is 5.73 Å². The highest BCUT2D eigenvalue weighted by Crippen LogP contribution is 2.28. The molecule has 2 rings (SSSR count). The topological polar surface area (TPSA) is 38.0 Å². The van der Waals surface area contributed by atoms with E-state index >= 15 is 0 Å². The second-order valence-electron chi connectivity index (χ2n) is 4.05. The van der Waals surface area contributed by atoms with Crippen molar-refractivity contribution in [1.82, 2.24) is 0 Å². The van der Waals surface area contributed by atoms with E-state index in [0.29, 0.717) is 6.04 Å². The van der Waals surface area contributed by atoms with Gasteiger partial charge in [0.25, 0.3) is 0 Å². The summed E-state index contributed by atoms with van der Waals surface area (Å²) in [5, 5.41) is 5.64. The van der Waals surface area contributed by atoms with Crippen LogP contribution >= 0.6 is 0 Å². The molecule has 0 atom stereocenters. The minimum atomic E-state index is 0.397. The number of hydrogen-bond acceptors (Lipinski definition) is 2. The quantitative estimate of drug-likeness (QED) is 0.730. The number of nitrogens with two attached hydrogens (primary N) is 1. The monoisotopic (exact) mass is 200 g/mol. The van der Waals surface area contributed by atoms with Crippen molar-refractivity contribution < 1.29 is 0 Å². The van der Waals surface area contributed by atoms with Gasteiger partial charge in [0.1, 0.15) is 0 Å². The number of hydrogen-bond donors (Lipinski definition) is 2. The van der Waals surface area contributed by atoms with Crippen molar-refractivity contribution in [2.45, 2.75) is 19.9 Å². The van der Waals surface area contributed by atoms with Gasteiger partial charge < -0.3 is 11.1 Å². The Bertz CT molecular complexity index is 475. The van der Waals surface area contributed by atoms with Gasteiger partial charge in [0.2, 0.25) is 0 Å². The van der Waals surface area contributed by atoms with Crippen molar-refractivity contribution in [2.75, 3.05) is 11.1 Å². The first-order chi connectivity index (χ1) is 7.18. The molecular weight excluding hydrogens is 184 g/mol. The van der Waals surface area contributed by atoms with Crippen LogP contribution in [0.5, 0.6) is 0 Å². The van der Waals surface area contributed by atoms with Gasteiger partial charge in [0, 0.05) is 11.4 Å². The predicted octanol–water partition coefficient (Wildman–Crippen LogP) is 3.24. The molecule has 0 aliphatic rings. The zero-order valence-electron chi connectivity index (χ0n) is 9.12. The van der Waals surface area contributed by atoms with Gasteiger partial charge in [0.15, 0.2) is 0 Å². The number of anilines is 2. The lowest BCUT2D eigenvalue weighted by Gasteiger charge is -2.14. The third-order valence-electron chi connectivity index (χ3n) is 2.41. The molecule has 78 valence electrons. The molecule has 2 heteroatoms. The fraction of sp³-hybridized carbons (Fsp3) is 0.231. The van der Waals surface area contributed by atoms with Gasteiger partial charge in [-0.1, -0.05) is 30.3 Å². The molecule has 0 aliphatic heterocycles. The maximum atomic E-state index is 6.10. The van der Waals surface area contributed by atoms with Crippen LogP contribution in [0, 0.1) is 0 Å². The van der Waals surface area contributed by atoms with E-state index in [-0.39, 0.29) is 0 Å². The van der Waals surface area contributed by atoms with Gasteiger partial charge in [-0.15, -0.1) is 0 Å². The van der Waals surface area contributed by atoms with Crippen LogP contribution in [0.1, 0.15) is 13.8 Å². The molecule has 0 aromatic heterocycles. The van der Waals surface area contributed by atoms with Crippen LogP contribution < -0.4 is 11.1 Å². The molecule has 0 unspecified atom stereocenters. The molecule has 0 aliphatic carbocycles. The fourth-order valence-corrected chi connectivity index (χ4v) is 1.73. The molecule has 0 bridgehead atoms. The predicted molar refractivity (Wildman–Crippen MR) is 67.1 cm³/mol. The summed E-state index contributed by atoms with van der Waals surface area (Å²) in [5.74, 6) is 0. The molecule has 2 aromatic rings. The summed E-state index contributed by atoms with van der Waals surface area (Å²) in [6, 6.07) is 12.7. The molecule has 0 fully saturated rings. The number of rotatable bonds is 2. The highest BCUT2D eigenvalue weighted by atomic mass is 14.9. The Balaban J connectivity index is 2.55. The summed E-state index contributed by atoms with van der Waals surface area (Å²) in [5.41, 5.74) is 7.96. The molecule has 0 spiro atoms. The smallest absolute Gasteiger partial charge is 0.0629 e. The van der Waals surface area contributed by atoms with Crippen LogP contribution in [0.15, 0.2) is 36.4 Å². The second kappa shape index (κ2) is 3.81. The number of nitrogen functional groups attached to an aromatic ring is 1. The SMILES string of the molecule is CC(C)Nc1ccc2ccccc2c1N. The fourth-order valence-electron chi connectivity index (χ4n) is 1.73. The lowest BCUT2D eigenvalue weighted by molar-refractivity contribution is 0.901. The third kappa shape index (κ3) is 1.89. The third-order valence-corrected chi connectivity index (χ3v) is 2.41. The van der Waals surface area contributed by atoms with Gasteiger partial charge in [-0.25, -0.2) is 0 Å². The molecule has 0 saturated heterocycles. The first-order valence-electron chi connectivity index (χ1n) is 5.22. The van der Waals surface area contributed by atoms with Crippen molar-refractivity contribution in [3.8, 4) is 0 Å². The van der Waals surface area contributed by atoms with Gasteiger partial charge in [-0.05, 0) is 25.3 Å². The van der Waals surface area contributed by atoms with Gasteiger partial charge in [-0.2, -0.15) is 0 Å². The van der Waals surface area contributed by atoms with E-state index in [2.05, 4.69) is 37.4 Å². The molecule has 2 nitrogen and oxygen atoms in total. The van der Waals surface area contributed by atoms with Crippen LogP contribution in [-0.4, -0.2) is 6.04 Å². The minimum Gasteiger partial charge on any atom is -0.397 e. The summed E-state index contributed by atoms with van der Waals surface area (Å²) in [6.45, 7) is 4.21. The highest BCUT2D eigenvalue weighted by molar-refractivity contribution is 5.98. The molecule has 3 N–H and O–H groups in total. The molecule has 0 heterocycles. The molecule has 2 aromatic carbocycles. The van der Waals surface area contributed by atoms with Crippen molar-refractivity contribution >= 4 is 22.1 Å². The average Bonchev–Trinajstić information content (AvgIpc) is 2.22. The van der Waals surface area contributed by atoms with Crippen molar-refractivity contribution in [3.05, 3.63) is 36.4 Å². The Morgan fingerprint density at radius 3 is 2.53 bits per heavy atom. The van der Waals surface area contributed by atoms with E-state index < -0.39 is 0 Å². The molecule has 0 saturated carbocycles. The standard InChI is InChI=1S/C13H16N2/c1-9(2)15-12-8-7-10-5-3-4-6-11(10)13(12)14/h3-9,15H,14H2,1-2H3. The van der Waals surface area contributed by atoms with Gasteiger partial charge in [-0.3, -0.25) is 0 Å². The van der Waals surface area contributed by atoms with Crippen molar-refractivity contribution in [3.63, 3.8) is 0 Å². The zero-order chi connectivity index (χ0) is 10.8. The highest BCUT2D eigenvalue weighted by Gasteiger charge is 2.04. The largest absolute Gasteiger partial charge is 0.397 e. The minimum absolute atomic E-state index is 0.397. The van der Waals surface area contributed by atoms with Crippen LogP contribution in [-0.2, 0) is 0 Å². The maximum absolute atomic E-state index is 6.10. The lowest BCUT2D eigenvalue weighted by atomic mass is 10.1. The summed E-state index contributed by atoms with van der Waals surface area (Å²) >= 11 is 0. The van der Waals surface area contributed by atoms with Gasteiger partial charge in [0.05, 0.1) is 11.4 Å². The Labute approximate surface area is 90.1 Å². The van der Waals surface area contributed by atoms with Crippen LogP contribution in [0.3, 0.4) is 0 Å². The summed E-state index contributed by atoms with van der Waals surface area (Å²) < 4.78 is 0. The summed E-state index contributed by atoms with van der Waals surface area (Å²) in [6.07, 6.45) is 0. The lowest BCUT2D eigenvalue weighted by Crippen LogP contribution is -2.11. The molecule has 0 radical (unpaired) electrons. The number of benzene rings is 2. The van der Waals surface area contributed by atoms with E-state index in [1.807, 2.05) is 18.2 Å². The first kappa shape index (κ1) is 9.84. The Kier molecular flexibility index (Phi) is 2.50. The Morgan fingerprint density at radius 2 is 1.80 bits per heavy atom. The number of nitrogens with one attached hydrogen (secondary N) is 1. The Morgan fingerprint density at radius 1 is 1.07 bits per heavy atom. The van der Waals surface area contributed by atoms with Crippen molar-refractivity contribution in [1.29, 1.82) is 0 Å². The normalized spacial score (nSPS) is 10.9. The van der Waals surface area contributed by atoms with Gasteiger partial charge >= 0.3 is 0 Å². The first-order valence-corrected chi connectivity index (χ1v) is 5.22. The van der Waals surface area contributed by atoms with E-state index in [1.165, 1.54) is 5.39 Å². The summed E-state index contributed by atoms with van der Waals surface area (Å²) in [4.78, 5) is 0. The van der Waals surface area contributed by atoms with E-state index in [9.17, 15) is 0 Å². The second-order valence-corrected chi connectivity index (χ2v) is 4.05. The zero-order valence-corrected chi connectivity index (χ0v) is 9.12. The molecular formula is C13H16N2.